The van der Waals surface area contributed by atoms with Crippen molar-refractivity contribution in [2.75, 3.05) is 20.2 Å². The summed E-state index contributed by atoms with van der Waals surface area (Å²) in [6.45, 7) is 3.61. The molecule has 0 bridgehead atoms. The fourth-order valence-corrected chi connectivity index (χ4v) is 6.13. The van der Waals surface area contributed by atoms with Crippen LogP contribution in [0.2, 0.25) is 0 Å². The van der Waals surface area contributed by atoms with E-state index < -0.39 is 10.0 Å². The SMILES string of the molecule is COc1nscc1S(=O)(=O)N1CC(C2CCCC(C)C2)C1. The summed E-state index contributed by atoms with van der Waals surface area (Å²) in [6.07, 6.45) is 5.12. The van der Waals surface area contributed by atoms with Gasteiger partial charge in [0.2, 0.25) is 15.9 Å². The molecule has 118 valence electrons. The van der Waals surface area contributed by atoms with E-state index in [1.54, 1.807) is 9.69 Å². The molecule has 2 fully saturated rings. The van der Waals surface area contributed by atoms with Crippen LogP contribution in [0.15, 0.2) is 10.3 Å². The molecule has 0 spiro atoms. The first-order chi connectivity index (χ1) is 10.0. The number of nitrogens with zero attached hydrogens (tertiary/aromatic N) is 2. The van der Waals surface area contributed by atoms with Crippen LogP contribution in [0.3, 0.4) is 0 Å². The van der Waals surface area contributed by atoms with Crippen LogP contribution >= 0.6 is 11.5 Å². The van der Waals surface area contributed by atoms with Crippen molar-refractivity contribution in [2.45, 2.75) is 37.5 Å². The molecular formula is C14H22N2O3S2. The third-order valence-electron chi connectivity index (χ3n) is 4.84. The van der Waals surface area contributed by atoms with E-state index in [0.29, 0.717) is 24.9 Å². The molecule has 1 aliphatic heterocycles. The average molecular weight is 330 g/mol. The summed E-state index contributed by atoms with van der Waals surface area (Å²) in [5, 5.41) is 1.56. The van der Waals surface area contributed by atoms with Crippen LogP contribution in [0, 0.1) is 17.8 Å². The highest BCUT2D eigenvalue weighted by Gasteiger charge is 2.42. The smallest absolute Gasteiger partial charge is 0.249 e. The zero-order valence-electron chi connectivity index (χ0n) is 12.5. The van der Waals surface area contributed by atoms with E-state index >= 15 is 0 Å². The minimum Gasteiger partial charge on any atom is -0.479 e. The Kier molecular flexibility index (Phi) is 4.25. The van der Waals surface area contributed by atoms with Crippen molar-refractivity contribution in [3.8, 4) is 5.88 Å². The Bertz CT molecular complexity index is 593. The number of aromatic nitrogens is 1. The normalized spacial score (nSPS) is 28.3. The lowest BCUT2D eigenvalue weighted by Gasteiger charge is -2.44. The molecular weight excluding hydrogens is 308 g/mol. The highest BCUT2D eigenvalue weighted by atomic mass is 32.2. The summed E-state index contributed by atoms with van der Waals surface area (Å²) in [5.74, 6) is 2.23. The lowest BCUT2D eigenvalue weighted by molar-refractivity contribution is 0.0937. The summed E-state index contributed by atoms with van der Waals surface area (Å²) in [6, 6.07) is 0. The quantitative estimate of drug-likeness (QED) is 0.851. The molecule has 0 aromatic carbocycles. The van der Waals surface area contributed by atoms with Gasteiger partial charge in [-0.3, -0.25) is 0 Å². The summed E-state index contributed by atoms with van der Waals surface area (Å²) < 4.78 is 35.7. The van der Waals surface area contributed by atoms with Gasteiger partial charge in [0.05, 0.1) is 7.11 Å². The van der Waals surface area contributed by atoms with Gasteiger partial charge in [-0.1, -0.05) is 26.2 Å². The largest absolute Gasteiger partial charge is 0.479 e. The van der Waals surface area contributed by atoms with Gasteiger partial charge in [0.1, 0.15) is 0 Å². The summed E-state index contributed by atoms with van der Waals surface area (Å²) in [5.41, 5.74) is 0. The molecule has 7 heteroatoms. The van der Waals surface area contributed by atoms with E-state index in [4.69, 9.17) is 4.74 Å². The molecule has 1 aromatic heterocycles. The minimum atomic E-state index is -3.43. The van der Waals surface area contributed by atoms with Crippen molar-refractivity contribution < 1.29 is 13.2 Å². The maximum atomic E-state index is 12.6. The molecule has 5 nitrogen and oxygen atoms in total. The van der Waals surface area contributed by atoms with E-state index in [1.807, 2.05) is 0 Å². The van der Waals surface area contributed by atoms with Crippen molar-refractivity contribution in [1.29, 1.82) is 0 Å². The molecule has 3 rings (SSSR count). The molecule has 2 aliphatic rings. The molecule has 2 unspecified atom stereocenters. The van der Waals surface area contributed by atoms with Gasteiger partial charge in [-0.2, -0.15) is 8.68 Å². The lowest BCUT2D eigenvalue weighted by Crippen LogP contribution is -2.53. The molecule has 1 aliphatic carbocycles. The second kappa shape index (κ2) is 5.85. The van der Waals surface area contributed by atoms with E-state index in [0.717, 1.165) is 17.5 Å². The molecule has 2 heterocycles. The zero-order chi connectivity index (χ0) is 15.0. The van der Waals surface area contributed by atoms with Gasteiger partial charge >= 0.3 is 0 Å². The minimum absolute atomic E-state index is 0.213. The molecule has 1 saturated carbocycles. The summed E-state index contributed by atoms with van der Waals surface area (Å²) >= 11 is 1.12. The number of sulfonamides is 1. The fourth-order valence-electron chi connectivity index (χ4n) is 3.54. The molecule has 0 N–H and O–H groups in total. The predicted molar refractivity (Wildman–Crippen MR) is 82.0 cm³/mol. The van der Waals surface area contributed by atoms with Crippen molar-refractivity contribution >= 4 is 21.6 Å². The number of ether oxygens (including phenoxy) is 1. The van der Waals surface area contributed by atoms with E-state index in [-0.39, 0.29) is 10.8 Å². The predicted octanol–water partition coefficient (Wildman–Crippen LogP) is 2.60. The van der Waals surface area contributed by atoms with Crippen LogP contribution in [-0.4, -0.2) is 37.3 Å². The highest BCUT2D eigenvalue weighted by Crippen LogP contribution is 2.40. The number of methoxy groups -OCH3 is 1. The second-order valence-electron chi connectivity index (χ2n) is 6.30. The first-order valence-corrected chi connectivity index (χ1v) is 9.78. The molecule has 21 heavy (non-hydrogen) atoms. The van der Waals surface area contributed by atoms with Crippen molar-refractivity contribution in [1.82, 2.24) is 8.68 Å². The first kappa shape index (κ1) is 15.2. The third kappa shape index (κ3) is 2.83. The monoisotopic (exact) mass is 330 g/mol. The molecule has 1 saturated heterocycles. The van der Waals surface area contributed by atoms with Gasteiger partial charge in [-0.25, -0.2) is 8.42 Å². The Labute approximate surface area is 130 Å². The van der Waals surface area contributed by atoms with Gasteiger partial charge in [-0.05, 0) is 35.7 Å². The molecule has 2 atom stereocenters. The van der Waals surface area contributed by atoms with Gasteiger partial charge in [-0.15, -0.1) is 0 Å². The Morgan fingerprint density at radius 1 is 1.33 bits per heavy atom. The maximum Gasteiger partial charge on any atom is 0.249 e. The Morgan fingerprint density at radius 2 is 2.10 bits per heavy atom. The highest BCUT2D eigenvalue weighted by molar-refractivity contribution is 7.89. The van der Waals surface area contributed by atoms with Crippen molar-refractivity contribution in [3.63, 3.8) is 0 Å². The van der Waals surface area contributed by atoms with E-state index in [9.17, 15) is 8.42 Å². The average Bonchev–Trinajstić information content (AvgIpc) is 2.85. The van der Waals surface area contributed by atoms with E-state index in [2.05, 4.69) is 11.3 Å². The van der Waals surface area contributed by atoms with Crippen LogP contribution in [-0.2, 0) is 10.0 Å². The van der Waals surface area contributed by atoms with Crippen LogP contribution in [0.1, 0.15) is 32.6 Å². The van der Waals surface area contributed by atoms with Gasteiger partial charge in [0.25, 0.3) is 0 Å². The van der Waals surface area contributed by atoms with Crippen molar-refractivity contribution in [2.24, 2.45) is 17.8 Å². The number of hydrogen-bond donors (Lipinski definition) is 0. The summed E-state index contributed by atoms with van der Waals surface area (Å²) in [4.78, 5) is 0.213. The Hall–Kier alpha value is -0.660. The zero-order valence-corrected chi connectivity index (χ0v) is 14.1. The molecule has 0 amide bonds. The maximum absolute atomic E-state index is 12.6. The Balaban J connectivity index is 1.65. The summed E-state index contributed by atoms with van der Waals surface area (Å²) in [7, 11) is -1.98. The second-order valence-corrected chi connectivity index (χ2v) is 8.84. The topological polar surface area (TPSA) is 59.5 Å². The van der Waals surface area contributed by atoms with Crippen LogP contribution in [0.4, 0.5) is 0 Å². The number of hydrogen-bond acceptors (Lipinski definition) is 5. The van der Waals surface area contributed by atoms with E-state index in [1.165, 1.54) is 32.8 Å². The Morgan fingerprint density at radius 3 is 2.76 bits per heavy atom. The van der Waals surface area contributed by atoms with Crippen molar-refractivity contribution in [3.05, 3.63) is 5.38 Å². The lowest BCUT2D eigenvalue weighted by atomic mass is 9.74. The number of rotatable bonds is 4. The third-order valence-corrected chi connectivity index (χ3v) is 7.43. The molecule has 1 aromatic rings. The standard InChI is InChI=1S/C14H22N2O3S2/c1-10-4-3-5-11(6-10)12-7-16(8-12)21(17,18)13-9-20-15-14(13)19-2/h9-12H,3-8H2,1-2H3. The van der Waals surface area contributed by atoms with Crippen LogP contribution in [0.5, 0.6) is 5.88 Å². The van der Waals surface area contributed by atoms with Gasteiger partial charge < -0.3 is 4.74 Å². The first-order valence-electron chi connectivity index (χ1n) is 7.51. The van der Waals surface area contributed by atoms with Gasteiger partial charge in [0.15, 0.2) is 4.90 Å². The fraction of sp³-hybridized carbons (Fsp3) is 0.786. The van der Waals surface area contributed by atoms with Crippen LogP contribution < -0.4 is 4.74 Å². The van der Waals surface area contributed by atoms with Crippen LogP contribution in [0.25, 0.3) is 0 Å². The van der Waals surface area contributed by atoms with Gasteiger partial charge in [0, 0.05) is 18.5 Å². The molecule has 0 radical (unpaired) electrons.